The summed E-state index contributed by atoms with van der Waals surface area (Å²) >= 11 is 0. The van der Waals surface area contributed by atoms with E-state index in [-0.39, 0.29) is 12.4 Å². The van der Waals surface area contributed by atoms with Crippen molar-refractivity contribution in [2.45, 2.75) is 6.10 Å². The summed E-state index contributed by atoms with van der Waals surface area (Å²) in [6, 6.07) is 15.0. The first kappa shape index (κ1) is 11.7. The van der Waals surface area contributed by atoms with Crippen molar-refractivity contribution in [3.63, 3.8) is 0 Å². The largest absolute Gasteiger partial charge is 0.382 e. The Hall–Kier alpha value is -1.38. The van der Waals surface area contributed by atoms with E-state index in [1.165, 1.54) is 0 Å². The maximum absolute atomic E-state index is 9.93. The molecule has 2 nitrogen and oxygen atoms in total. The Kier molecular flexibility index (Phi) is 4.28. The second kappa shape index (κ2) is 5.49. The smallest absolute Gasteiger partial charge is 0.121 e. The molecule has 2 rings (SSSR count). The molecule has 1 aromatic carbocycles. The molecule has 0 saturated heterocycles. The highest BCUT2D eigenvalue weighted by molar-refractivity contribution is 5.85. The predicted octanol–water partition coefficient (Wildman–Crippen LogP) is 2.59. The van der Waals surface area contributed by atoms with Gasteiger partial charge < -0.3 is 5.11 Å². The molecule has 78 valence electrons. The number of aliphatic hydroxyl groups excluding tert-OH is 1. The number of aliphatic hydroxyl groups is 1. The lowest BCUT2D eigenvalue weighted by Gasteiger charge is -2.09. The van der Waals surface area contributed by atoms with Crippen molar-refractivity contribution in [1.82, 2.24) is 4.98 Å². The lowest BCUT2D eigenvalue weighted by Crippen LogP contribution is -2.01. The molecule has 0 bridgehead atoms. The molecule has 1 atom stereocenters. The Morgan fingerprint density at radius 1 is 0.933 bits per heavy atom. The molecule has 0 fully saturated rings. The highest BCUT2D eigenvalue weighted by Crippen LogP contribution is 2.18. The highest BCUT2D eigenvalue weighted by atomic mass is 35.5. The van der Waals surface area contributed by atoms with E-state index in [0.717, 1.165) is 5.56 Å². The third kappa shape index (κ3) is 2.78. The predicted molar refractivity (Wildman–Crippen MR) is 62.0 cm³/mol. The normalized spacial score (nSPS) is 11.5. The van der Waals surface area contributed by atoms with E-state index in [2.05, 4.69) is 4.98 Å². The summed E-state index contributed by atoms with van der Waals surface area (Å²) in [4.78, 5) is 4.11. The van der Waals surface area contributed by atoms with Gasteiger partial charge >= 0.3 is 0 Å². The molecule has 0 aliphatic rings. The fraction of sp³-hybridized carbons (Fsp3) is 0.0833. The molecule has 0 saturated carbocycles. The molecular formula is C12H12ClNO. The maximum atomic E-state index is 9.93. The lowest BCUT2D eigenvalue weighted by atomic mass is 10.1. The van der Waals surface area contributed by atoms with Crippen LogP contribution in [0.15, 0.2) is 54.7 Å². The fourth-order valence-corrected chi connectivity index (χ4v) is 1.34. The van der Waals surface area contributed by atoms with Crippen LogP contribution in [0.2, 0.25) is 0 Å². The summed E-state index contributed by atoms with van der Waals surface area (Å²) in [5.41, 5.74) is 1.55. The minimum absolute atomic E-state index is 0. The quantitative estimate of drug-likeness (QED) is 0.846. The average Bonchev–Trinajstić information content (AvgIpc) is 2.30. The molecule has 0 amide bonds. The zero-order valence-corrected chi connectivity index (χ0v) is 8.89. The van der Waals surface area contributed by atoms with E-state index >= 15 is 0 Å². The van der Waals surface area contributed by atoms with E-state index < -0.39 is 6.10 Å². The van der Waals surface area contributed by atoms with Gasteiger partial charge in [-0.3, -0.25) is 4.98 Å². The molecule has 0 spiro atoms. The second-order valence-corrected chi connectivity index (χ2v) is 3.07. The minimum Gasteiger partial charge on any atom is -0.382 e. The molecule has 2 aromatic rings. The number of aromatic nitrogens is 1. The van der Waals surface area contributed by atoms with Gasteiger partial charge in [-0.1, -0.05) is 36.4 Å². The average molecular weight is 222 g/mol. The van der Waals surface area contributed by atoms with E-state index in [0.29, 0.717) is 5.69 Å². The Balaban J connectivity index is 0.00000112. The summed E-state index contributed by atoms with van der Waals surface area (Å²) < 4.78 is 0. The molecule has 15 heavy (non-hydrogen) atoms. The number of nitrogens with zero attached hydrogens (tertiary/aromatic N) is 1. The minimum atomic E-state index is -0.627. The van der Waals surface area contributed by atoms with Crippen LogP contribution in [0.1, 0.15) is 17.4 Å². The molecule has 1 unspecified atom stereocenters. The monoisotopic (exact) mass is 221 g/mol. The van der Waals surface area contributed by atoms with Crippen LogP contribution in [0.5, 0.6) is 0 Å². The van der Waals surface area contributed by atoms with Crippen molar-refractivity contribution >= 4 is 12.4 Å². The SMILES string of the molecule is Cl.OC(c1ccccc1)c1ccccn1. The maximum Gasteiger partial charge on any atom is 0.121 e. The van der Waals surface area contributed by atoms with Crippen LogP contribution in [0.4, 0.5) is 0 Å². The number of pyridine rings is 1. The number of benzene rings is 1. The van der Waals surface area contributed by atoms with Gasteiger partial charge in [0.1, 0.15) is 6.10 Å². The molecule has 1 aromatic heterocycles. The summed E-state index contributed by atoms with van der Waals surface area (Å²) in [7, 11) is 0. The number of hydrogen-bond donors (Lipinski definition) is 1. The van der Waals surface area contributed by atoms with Crippen LogP contribution in [-0.4, -0.2) is 10.1 Å². The third-order valence-electron chi connectivity index (χ3n) is 2.08. The van der Waals surface area contributed by atoms with Crippen molar-refractivity contribution in [2.75, 3.05) is 0 Å². The Labute approximate surface area is 95.0 Å². The first-order valence-electron chi connectivity index (χ1n) is 4.52. The third-order valence-corrected chi connectivity index (χ3v) is 2.08. The van der Waals surface area contributed by atoms with Gasteiger partial charge in [0.15, 0.2) is 0 Å². The van der Waals surface area contributed by atoms with Crippen LogP contribution in [0.25, 0.3) is 0 Å². The Morgan fingerprint density at radius 3 is 2.20 bits per heavy atom. The fourth-order valence-electron chi connectivity index (χ4n) is 1.34. The van der Waals surface area contributed by atoms with E-state index in [9.17, 15) is 5.11 Å². The van der Waals surface area contributed by atoms with Crippen molar-refractivity contribution in [3.8, 4) is 0 Å². The van der Waals surface area contributed by atoms with Gasteiger partial charge in [-0.2, -0.15) is 0 Å². The van der Waals surface area contributed by atoms with Crippen molar-refractivity contribution < 1.29 is 5.11 Å². The Bertz CT molecular complexity index is 351. The lowest BCUT2D eigenvalue weighted by molar-refractivity contribution is 0.215. The van der Waals surface area contributed by atoms with E-state index in [4.69, 9.17) is 0 Å². The van der Waals surface area contributed by atoms with Gasteiger partial charge in [0.2, 0.25) is 0 Å². The van der Waals surface area contributed by atoms with Gasteiger partial charge in [0.05, 0.1) is 5.69 Å². The molecule has 3 heteroatoms. The van der Waals surface area contributed by atoms with Crippen LogP contribution < -0.4 is 0 Å². The van der Waals surface area contributed by atoms with Crippen molar-refractivity contribution in [3.05, 3.63) is 66.0 Å². The first-order valence-corrected chi connectivity index (χ1v) is 4.52. The van der Waals surface area contributed by atoms with Crippen LogP contribution in [0, 0.1) is 0 Å². The summed E-state index contributed by atoms with van der Waals surface area (Å²) in [5, 5.41) is 9.93. The van der Waals surface area contributed by atoms with Gasteiger partial charge in [-0.05, 0) is 17.7 Å². The van der Waals surface area contributed by atoms with Crippen LogP contribution in [-0.2, 0) is 0 Å². The first-order chi connectivity index (χ1) is 6.88. The molecule has 1 heterocycles. The standard InChI is InChI=1S/C12H11NO.ClH/c14-12(10-6-2-1-3-7-10)11-8-4-5-9-13-11;/h1-9,12,14H;1H. The molecule has 1 N–H and O–H groups in total. The van der Waals surface area contributed by atoms with Crippen molar-refractivity contribution in [1.29, 1.82) is 0 Å². The number of hydrogen-bond acceptors (Lipinski definition) is 2. The summed E-state index contributed by atoms with van der Waals surface area (Å²) in [5.74, 6) is 0. The van der Waals surface area contributed by atoms with Gasteiger partial charge in [-0.15, -0.1) is 12.4 Å². The highest BCUT2D eigenvalue weighted by Gasteiger charge is 2.09. The Morgan fingerprint density at radius 2 is 1.60 bits per heavy atom. The van der Waals surface area contributed by atoms with Crippen LogP contribution >= 0.6 is 12.4 Å². The topological polar surface area (TPSA) is 33.1 Å². The molecule has 0 aliphatic carbocycles. The molecular weight excluding hydrogens is 210 g/mol. The van der Waals surface area contributed by atoms with Gasteiger partial charge in [0, 0.05) is 6.20 Å². The number of halogens is 1. The van der Waals surface area contributed by atoms with E-state index in [1.807, 2.05) is 48.5 Å². The zero-order chi connectivity index (χ0) is 9.80. The number of rotatable bonds is 2. The van der Waals surface area contributed by atoms with Crippen LogP contribution in [0.3, 0.4) is 0 Å². The van der Waals surface area contributed by atoms with Gasteiger partial charge in [0.25, 0.3) is 0 Å². The van der Waals surface area contributed by atoms with E-state index in [1.54, 1.807) is 6.20 Å². The second-order valence-electron chi connectivity index (χ2n) is 3.07. The molecule has 0 aliphatic heterocycles. The summed E-state index contributed by atoms with van der Waals surface area (Å²) in [6.07, 6.45) is 1.05. The zero-order valence-electron chi connectivity index (χ0n) is 8.08. The van der Waals surface area contributed by atoms with Gasteiger partial charge in [-0.25, -0.2) is 0 Å². The van der Waals surface area contributed by atoms with Crippen molar-refractivity contribution in [2.24, 2.45) is 0 Å². The summed E-state index contributed by atoms with van der Waals surface area (Å²) in [6.45, 7) is 0. The molecule has 0 radical (unpaired) electrons.